The Labute approximate surface area is 177 Å². The first kappa shape index (κ1) is 23.1. The summed E-state index contributed by atoms with van der Waals surface area (Å²) in [4.78, 5) is 49.4. The van der Waals surface area contributed by atoms with Crippen molar-refractivity contribution in [3.05, 3.63) is 34.9 Å². The molecule has 0 bridgehead atoms. The summed E-state index contributed by atoms with van der Waals surface area (Å²) < 4.78 is 0. The van der Waals surface area contributed by atoms with Crippen LogP contribution in [0, 0.1) is 0 Å². The molecule has 0 aliphatic carbocycles. The van der Waals surface area contributed by atoms with Gasteiger partial charge in [0.2, 0.25) is 11.7 Å². The third-order valence-electron chi connectivity index (χ3n) is 5.11. The van der Waals surface area contributed by atoms with Crippen molar-refractivity contribution in [3.63, 3.8) is 0 Å². The van der Waals surface area contributed by atoms with E-state index in [1.807, 2.05) is 12.1 Å². The summed E-state index contributed by atoms with van der Waals surface area (Å²) in [5, 5.41) is 3.28. The van der Waals surface area contributed by atoms with E-state index in [0.717, 1.165) is 37.7 Å². The molecule has 6 nitrogen and oxygen atoms in total. The van der Waals surface area contributed by atoms with Gasteiger partial charge in [0.05, 0.1) is 0 Å². The first-order valence-electron chi connectivity index (χ1n) is 10.2. The molecule has 1 aliphatic heterocycles. The number of rotatable bonds is 12. The van der Waals surface area contributed by atoms with Crippen LogP contribution in [0.3, 0.4) is 0 Å². The van der Waals surface area contributed by atoms with E-state index in [9.17, 15) is 19.2 Å². The Hall–Kier alpha value is -2.21. The highest BCUT2D eigenvalue weighted by Crippen LogP contribution is 2.23. The van der Waals surface area contributed by atoms with Gasteiger partial charge in [0, 0.05) is 31.0 Å². The topological polar surface area (TPSA) is 83.5 Å². The van der Waals surface area contributed by atoms with Crippen molar-refractivity contribution in [3.8, 4) is 0 Å². The van der Waals surface area contributed by atoms with Crippen molar-refractivity contribution < 1.29 is 19.2 Å². The van der Waals surface area contributed by atoms with Gasteiger partial charge in [-0.1, -0.05) is 43.0 Å². The molecule has 0 saturated carbocycles. The standard InChI is InChI=1S/C22H29ClN2O4/c1-16(26)7-5-3-2-4-6-14-24-22(29)21(28)19-12-13-20(27)25(19)15-17-8-10-18(23)11-9-17/h8-11,19H,2-7,12-15H2,1H3,(H,24,29). The minimum absolute atomic E-state index is 0.114. The number of nitrogens with zero attached hydrogens (tertiary/aromatic N) is 1. The van der Waals surface area contributed by atoms with E-state index in [0.29, 0.717) is 31.0 Å². The number of carbonyl (C=O) groups excluding carboxylic acids is 4. The van der Waals surface area contributed by atoms with Gasteiger partial charge < -0.3 is 15.0 Å². The Morgan fingerprint density at radius 3 is 2.41 bits per heavy atom. The lowest BCUT2D eigenvalue weighted by molar-refractivity contribution is -0.143. The molecule has 1 aromatic rings. The highest BCUT2D eigenvalue weighted by molar-refractivity contribution is 6.38. The fraction of sp³-hybridized carbons (Fsp3) is 0.545. The minimum Gasteiger partial charge on any atom is -0.349 e. The number of hydrogen-bond donors (Lipinski definition) is 1. The van der Waals surface area contributed by atoms with E-state index in [1.54, 1.807) is 19.1 Å². The van der Waals surface area contributed by atoms with Gasteiger partial charge in [-0.15, -0.1) is 0 Å². The number of nitrogens with one attached hydrogen (secondary N) is 1. The molecule has 1 fully saturated rings. The Kier molecular flexibility index (Phi) is 9.32. The molecule has 1 heterocycles. The number of ketones is 2. The molecule has 0 radical (unpaired) electrons. The Bertz CT molecular complexity index is 733. The molecule has 29 heavy (non-hydrogen) atoms. The third kappa shape index (κ3) is 7.61. The van der Waals surface area contributed by atoms with Gasteiger partial charge in [0.25, 0.3) is 5.91 Å². The predicted octanol–water partition coefficient (Wildman–Crippen LogP) is 3.45. The lowest BCUT2D eigenvalue weighted by atomic mass is 10.1. The van der Waals surface area contributed by atoms with E-state index < -0.39 is 17.7 Å². The quantitative estimate of drug-likeness (QED) is 0.414. The summed E-state index contributed by atoms with van der Waals surface area (Å²) in [5.74, 6) is -1.07. The van der Waals surface area contributed by atoms with Crippen molar-refractivity contribution in [2.24, 2.45) is 0 Å². The van der Waals surface area contributed by atoms with Crippen molar-refractivity contribution in [2.75, 3.05) is 6.54 Å². The molecule has 158 valence electrons. The van der Waals surface area contributed by atoms with Gasteiger partial charge in [0.15, 0.2) is 0 Å². The first-order valence-corrected chi connectivity index (χ1v) is 10.6. The Morgan fingerprint density at radius 1 is 1.07 bits per heavy atom. The largest absolute Gasteiger partial charge is 0.349 e. The van der Waals surface area contributed by atoms with Crippen molar-refractivity contribution >= 4 is 35.0 Å². The van der Waals surface area contributed by atoms with Crippen LogP contribution in [0.1, 0.15) is 63.9 Å². The average Bonchev–Trinajstić information content (AvgIpc) is 3.05. The summed E-state index contributed by atoms with van der Waals surface area (Å²) in [6, 6.07) is 6.39. The van der Waals surface area contributed by atoms with Crippen LogP contribution in [-0.4, -0.2) is 40.9 Å². The number of unbranched alkanes of at least 4 members (excludes halogenated alkanes) is 4. The lowest BCUT2D eigenvalue weighted by Gasteiger charge is -2.23. The van der Waals surface area contributed by atoms with Crippen LogP contribution in [0.5, 0.6) is 0 Å². The Morgan fingerprint density at radius 2 is 1.72 bits per heavy atom. The molecule has 2 rings (SSSR count). The van der Waals surface area contributed by atoms with Crippen LogP contribution in [0.2, 0.25) is 5.02 Å². The molecule has 0 aromatic heterocycles. The summed E-state index contributed by atoms with van der Waals surface area (Å²) in [7, 11) is 0. The summed E-state index contributed by atoms with van der Waals surface area (Å²) in [5.41, 5.74) is 0.868. The third-order valence-corrected chi connectivity index (χ3v) is 5.36. The fourth-order valence-electron chi connectivity index (χ4n) is 3.46. The van der Waals surface area contributed by atoms with Gasteiger partial charge in [-0.25, -0.2) is 0 Å². The molecular formula is C22H29ClN2O4. The average molecular weight is 421 g/mol. The van der Waals surface area contributed by atoms with Crippen molar-refractivity contribution in [1.29, 1.82) is 0 Å². The first-order chi connectivity index (χ1) is 13.9. The lowest BCUT2D eigenvalue weighted by Crippen LogP contribution is -2.45. The molecule has 1 aliphatic rings. The van der Waals surface area contributed by atoms with Crippen LogP contribution < -0.4 is 5.32 Å². The molecule has 0 spiro atoms. The number of likely N-dealkylation sites (tertiary alicyclic amines) is 1. The summed E-state index contributed by atoms with van der Waals surface area (Å²) in [6.45, 7) is 2.33. The molecule has 7 heteroatoms. The number of halogens is 1. The van der Waals surface area contributed by atoms with Gasteiger partial charge in [0.1, 0.15) is 11.8 Å². The molecule has 1 aromatic carbocycles. The van der Waals surface area contributed by atoms with Crippen LogP contribution in [0.15, 0.2) is 24.3 Å². The monoisotopic (exact) mass is 420 g/mol. The Balaban J connectivity index is 1.74. The highest BCUT2D eigenvalue weighted by atomic mass is 35.5. The van der Waals surface area contributed by atoms with Gasteiger partial charge in [-0.3, -0.25) is 14.4 Å². The van der Waals surface area contributed by atoms with E-state index in [1.165, 1.54) is 4.90 Å². The zero-order chi connectivity index (χ0) is 21.2. The fourth-order valence-corrected chi connectivity index (χ4v) is 3.59. The SMILES string of the molecule is CC(=O)CCCCCCCNC(=O)C(=O)C1CCC(=O)N1Cc1ccc(Cl)cc1. The molecule has 1 N–H and O–H groups in total. The van der Waals surface area contributed by atoms with E-state index >= 15 is 0 Å². The van der Waals surface area contributed by atoms with Gasteiger partial charge >= 0.3 is 0 Å². The summed E-state index contributed by atoms with van der Waals surface area (Å²) in [6.07, 6.45) is 5.90. The normalized spacial score (nSPS) is 16.1. The van der Waals surface area contributed by atoms with Crippen LogP contribution in [0.4, 0.5) is 0 Å². The van der Waals surface area contributed by atoms with E-state index in [2.05, 4.69) is 5.32 Å². The van der Waals surface area contributed by atoms with E-state index in [4.69, 9.17) is 11.6 Å². The second kappa shape index (κ2) is 11.7. The van der Waals surface area contributed by atoms with Crippen LogP contribution in [0.25, 0.3) is 0 Å². The molecule has 1 unspecified atom stereocenters. The van der Waals surface area contributed by atoms with E-state index in [-0.39, 0.29) is 18.1 Å². The maximum atomic E-state index is 12.6. The number of Topliss-reactive ketones (excluding diaryl/α,β-unsaturated/α-hetero) is 2. The highest BCUT2D eigenvalue weighted by Gasteiger charge is 2.38. The van der Waals surface area contributed by atoms with Crippen molar-refractivity contribution in [1.82, 2.24) is 10.2 Å². The number of amides is 2. The zero-order valence-corrected chi connectivity index (χ0v) is 17.7. The maximum Gasteiger partial charge on any atom is 0.289 e. The molecule has 2 amide bonds. The number of benzene rings is 1. The second-order valence-electron chi connectivity index (χ2n) is 7.54. The van der Waals surface area contributed by atoms with Crippen LogP contribution in [-0.2, 0) is 25.7 Å². The summed E-state index contributed by atoms with van der Waals surface area (Å²) >= 11 is 5.88. The van der Waals surface area contributed by atoms with Crippen molar-refractivity contribution in [2.45, 2.75) is 70.9 Å². The smallest absolute Gasteiger partial charge is 0.289 e. The number of hydrogen-bond acceptors (Lipinski definition) is 4. The maximum absolute atomic E-state index is 12.6. The van der Waals surface area contributed by atoms with Gasteiger partial charge in [-0.05, 0) is 43.9 Å². The van der Waals surface area contributed by atoms with Crippen LogP contribution >= 0.6 is 11.6 Å². The second-order valence-corrected chi connectivity index (χ2v) is 7.98. The molecular weight excluding hydrogens is 392 g/mol. The minimum atomic E-state index is -0.704. The molecule has 1 atom stereocenters. The number of carbonyl (C=O) groups is 4. The zero-order valence-electron chi connectivity index (χ0n) is 16.9. The molecule has 1 saturated heterocycles. The predicted molar refractivity (Wildman–Crippen MR) is 111 cm³/mol. The van der Waals surface area contributed by atoms with Gasteiger partial charge in [-0.2, -0.15) is 0 Å².